The topological polar surface area (TPSA) is 69.7 Å². The van der Waals surface area contributed by atoms with Gasteiger partial charge in [0.2, 0.25) is 5.91 Å². The molecule has 0 unspecified atom stereocenters. The number of halogens is 1. The van der Waals surface area contributed by atoms with Crippen molar-refractivity contribution in [2.45, 2.75) is 52.0 Å². The van der Waals surface area contributed by atoms with E-state index in [4.69, 9.17) is 0 Å². The Hall–Kier alpha value is -2.44. The minimum atomic E-state index is -0.909. The normalized spacial score (nSPS) is 15.9. The van der Waals surface area contributed by atoms with E-state index in [9.17, 15) is 18.8 Å². The van der Waals surface area contributed by atoms with Gasteiger partial charge in [-0.2, -0.15) is 0 Å². The van der Waals surface area contributed by atoms with Crippen molar-refractivity contribution in [2.75, 3.05) is 18.0 Å². The zero-order chi connectivity index (χ0) is 19.3. The van der Waals surface area contributed by atoms with Crippen LogP contribution in [0.5, 0.6) is 0 Å². The number of carbonyl (C=O) groups is 3. The van der Waals surface area contributed by atoms with Gasteiger partial charge in [-0.3, -0.25) is 14.5 Å². The third kappa shape index (κ3) is 3.86. The maximum absolute atomic E-state index is 13.1. The Kier molecular flexibility index (Phi) is 6.34. The van der Waals surface area contributed by atoms with Crippen LogP contribution in [0.2, 0.25) is 0 Å². The molecule has 1 aromatic rings. The largest absolute Gasteiger partial charge is 0.325 e. The Morgan fingerprint density at radius 1 is 1.12 bits per heavy atom. The van der Waals surface area contributed by atoms with Gasteiger partial charge in [-0.15, -0.1) is 0 Å². The molecule has 0 radical (unpaired) electrons. The zero-order valence-corrected chi connectivity index (χ0v) is 15.5. The van der Waals surface area contributed by atoms with Gasteiger partial charge in [0, 0.05) is 12.2 Å². The van der Waals surface area contributed by atoms with Gasteiger partial charge < -0.3 is 10.2 Å². The summed E-state index contributed by atoms with van der Waals surface area (Å²) < 4.78 is 13.1. The zero-order valence-electron chi connectivity index (χ0n) is 15.5. The number of nitrogens with one attached hydrogen (secondary N) is 1. The van der Waals surface area contributed by atoms with E-state index in [2.05, 4.69) is 5.32 Å². The molecule has 1 heterocycles. The van der Waals surface area contributed by atoms with E-state index in [1.54, 1.807) is 6.92 Å². The number of hydrogen-bond donors (Lipinski definition) is 1. The van der Waals surface area contributed by atoms with Crippen molar-refractivity contribution < 1.29 is 18.8 Å². The standard InChI is InChI=1S/C19H26FN3O3/c1-4-11-19(12-5-2)17(25)23(18(26)21-19)13-16(24)22(6-3)15-9-7-14(20)8-10-15/h7-10H,4-6,11-13H2,1-3H3,(H,21,26). The molecule has 142 valence electrons. The summed E-state index contributed by atoms with van der Waals surface area (Å²) in [6, 6.07) is 5.02. The van der Waals surface area contributed by atoms with E-state index >= 15 is 0 Å². The van der Waals surface area contributed by atoms with Crippen LogP contribution in [0.3, 0.4) is 0 Å². The number of likely N-dealkylation sites (N-methyl/N-ethyl adjacent to an activating group) is 1. The number of hydrogen-bond acceptors (Lipinski definition) is 3. The lowest BCUT2D eigenvalue weighted by molar-refractivity contribution is -0.134. The molecule has 1 aliphatic rings. The maximum atomic E-state index is 13.1. The smallest absolute Gasteiger partial charge is 0.323 e. The van der Waals surface area contributed by atoms with Crippen molar-refractivity contribution >= 4 is 23.5 Å². The fraction of sp³-hybridized carbons (Fsp3) is 0.526. The number of imide groups is 1. The molecule has 0 atom stereocenters. The molecule has 1 fully saturated rings. The van der Waals surface area contributed by atoms with Gasteiger partial charge in [0.1, 0.15) is 17.9 Å². The Morgan fingerprint density at radius 3 is 2.19 bits per heavy atom. The number of urea groups is 1. The van der Waals surface area contributed by atoms with E-state index < -0.39 is 17.4 Å². The third-order valence-electron chi connectivity index (χ3n) is 4.65. The molecule has 0 bridgehead atoms. The molecule has 7 heteroatoms. The summed E-state index contributed by atoms with van der Waals surface area (Å²) in [6.45, 7) is 5.72. The Balaban J connectivity index is 2.17. The second-order valence-corrected chi connectivity index (χ2v) is 6.52. The van der Waals surface area contributed by atoms with Crippen LogP contribution < -0.4 is 10.2 Å². The second-order valence-electron chi connectivity index (χ2n) is 6.52. The lowest BCUT2D eigenvalue weighted by atomic mass is 9.88. The molecule has 1 aromatic carbocycles. The van der Waals surface area contributed by atoms with Crippen molar-refractivity contribution in [1.82, 2.24) is 10.2 Å². The minimum absolute atomic E-state index is 0.328. The summed E-state index contributed by atoms with van der Waals surface area (Å²) in [4.78, 5) is 40.3. The fourth-order valence-corrected chi connectivity index (χ4v) is 3.48. The molecule has 0 saturated carbocycles. The first-order valence-electron chi connectivity index (χ1n) is 9.08. The van der Waals surface area contributed by atoms with E-state index in [1.165, 1.54) is 29.2 Å². The van der Waals surface area contributed by atoms with Crippen LogP contribution in [0.4, 0.5) is 14.9 Å². The minimum Gasteiger partial charge on any atom is -0.323 e. The average molecular weight is 363 g/mol. The SMILES string of the molecule is CCCC1(CCC)NC(=O)N(CC(=O)N(CC)c2ccc(F)cc2)C1=O. The number of amides is 4. The monoisotopic (exact) mass is 363 g/mol. The predicted octanol–water partition coefficient (Wildman–Crippen LogP) is 3.07. The van der Waals surface area contributed by atoms with E-state index in [-0.39, 0.29) is 18.4 Å². The molecular weight excluding hydrogens is 337 g/mol. The van der Waals surface area contributed by atoms with Crippen LogP contribution in [0.15, 0.2) is 24.3 Å². The van der Waals surface area contributed by atoms with Crippen LogP contribution in [0, 0.1) is 5.82 Å². The Bertz CT molecular complexity index is 669. The quantitative estimate of drug-likeness (QED) is 0.722. The molecule has 4 amide bonds. The second kappa shape index (κ2) is 8.29. The molecular formula is C19H26FN3O3. The fourth-order valence-electron chi connectivity index (χ4n) is 3.48. The molecule has 0 spiro atoms. The highest BCUT2D eigenvalue weighted by atomic mass is 19.1. The van der Waals surface area contributed by atoms with E-state index in [0.717, 1.165) is 17.7 Å². The maximum Gasteiger partial charge on any atom is 0.325 e. The van der Waals surface area contributed by atoms with Crippen LogP contribution >= 0.6 is 0 Å². The number of nitrogens with zero attached hydrogens (tertiary/aromatic N) is 2. The van der Waals surface area contributed by atoms with Crippen LogP contribution in [-0.2, 0) is 9.59 Å². The van der Waals surface area contributed by atoms with Crippen molar-refractivity contribution in [1.29, 1.82) is 0 Å². The molecule has 1 aliphatic heterocycles. The van der Waals surface area contributed by atoms with Crippen LogP contribution in [-0.4, -0.2) is 41.4 Å². The highest BCUT2D eigenvalue weighted by Crippen LogP contribution is 2.28. The lowest BCUT2D eigenvalue weighted by Gasteiger charge is -2.26. The first-order chi connectivity index (χ1) is 12.4. The first-order valence-corrected chi connectivity index (χ1v) is 9.08. The van der Waals surface area contributed by atoms with Gasteiger partial charge in [-0.1, -0.05) is 26.7 Å². The summed E-state index contributed by atoms with van der Waals surface area (Å²) in [7, 11) is 0. The van der Waals surface area contributed by atoms with E-state index in [0.29, 0.717) is 25.1 Å². The average Bonchev–Trinajstić information content (AvgIpc) is 2.82. The molecule has 6 nitrogen and oxygen atoms in total. The summed E-state index contributed by atoms with van der Waals surface area (Å²) >= 11 is 0. The molecule has 2 rings (SSSR count). The number of benzene rings is 1. The van der Waals surface area contributed by atoms with Gasteiger partial charge in [0.25, 0.3) is 5.91 Å². The van der Waals surface area contributed by atoms with Crippen molar-refractivity contribution in [3.05, 3.63) is 30.1 Å². The van der Waals surface area contributed by atoms with Gasteiger partial charge in [-0.25, -0.2) is 9.18 Å². The molecule has 0 aliphatic carbocycles. The molecule has 1 N–H and O–H groups in total. The predicted molar refractivity (Wildman–Crippen MR) is 97.2 cm³/mol. The molecule has 0 aromatic heterocycles. The molecule has 26 heavy (non-hydrogen) atoms. The number of rotatable bonds is 8. The van der Waals surface area contributed by atoms with Gasteiger partial charge in [0.05, 0.1) is 0 Å². The Morgan fingerprint density at radius 2 is 1.69 bits per heavy atom. The summed E-state index contributed by atoms with van der Waals surface area (Å²) in [5, 5.41) is 2.80. The van der Waals surface area contributed by atoms with Crippen molar-refractivity contribution in [3.63, 3.8) is 0 Å². The summed E-state index contributed by atoms with van der Waals surface area (Å²) in [6.07, 6.45) is 2.60. The number of anilines is 1. The lowest BCUT2D eigenvalue weighted by Crippen LogP contribution is -2.48. The van der Waals surface area contributed by atoms with Crippen LogP contribution in [0.1, 0.15) is 46.5 Å². The first kappa shape index (κ1) is 19.9. The van der Waals surface area contributed by atoms with Crippen molar-refractivity contribution in [2.24, 2.45) is 0 Å². The van der Waals surface area contributed by atoms with Gasteiger partial charge >= 0.3 is 6.03 Å². The number of carbonyl (C=O) groups excluding carboxylic acids is 3. The third-order valence-corrected chi connectivity index (χ3v) is 4.65. The van der Waals surface area contributed by atoms with Gasteiger partial charge in [0.15, 0.2) is 0 Å². The van der Waals surface area contributed by atoms with Crippen molar-refractivity contribution in [3.8, 4) is 0 Å². The van der Waals surface area contributed by atoms with Crippen LogP contribution in [0.25, 0.3) is 0 Å². The highest BCUT2D eigenvalue weighted by Gasteiger charge is 2.50. The Labute approximate surface area is 153 Å². The van der Waals surface area contributed by atoms with E-state index in [1.807, 2.05) is 13.8 Å². The van der Waals surface area contributed by atoms with Gasteiger partial charge in [-0.05, 0) is 44.0 Å². The highest BCUT2D eigenvalue weighted by molar-refractivity contribution is 6.10. The summed E-state index contributed by atoms with van der Waals surface area (Å²) in [5.74, 6) is -1.11. The molecule has 1 saturated heterocycles. The summed E-state index contributed by atoms with van der Waals surface area (Å²) in [5.41, 5.74) is -0.382.